The van der Waals surface area contributed by atoms with Gasteiger partial charge in [-0.2, -0.15) is 0 Å². The molecule has 2 aromatic rings. The normalized spacial score (nSPS) is 15.6. The summed E-state index contributed by atoms with van der Waals surface area (Å²) in [6.07, 6.45) is 3.58. The SMILES string of the molecule is O=C(CC=Cc1ccccc1[N+](=O)[O-])CN1CCN(Cc2ccc(F)cc2)CC1. The Labute approximate surface area is 169 Å². The number of rotatable bonds is 8. The molecule has 0 N–H and O–H groups in total. The minimum Gasteiger partial charge on any atom is -0.298 e. The number of halogens is 1. The molecule has 7 heteroatoms. The third-order valence-corrected chi connectivity index (χ3v) is 4.96. The zero-order chi connectivity index (χ0) is 20.6. The smallest absolute Gasteiger partial charge is 0.276 e. The van der Waals surface area contributed by atoms with Crippen LogP contribution in [-0.4, -0.2) is 53.2 Å². The van der Waals surface area contributed by atoms with Crippen molar-refractivity contribution in [3.05, 3.63) is 81.7 Å². The van der Waals surface area contributed by atoms with Crippen LogP contribution in [0.3, 0.4) is 0 Å². The molecular formula is C22H24FN3O3. The van der Waals surface area contributed by atoms with Gasteiger partial charge in [-0.3, -0.25) is 24.7 Å². The topological polar surface area (TPSA) is 66.7 Å². The maximum atomic E-state index is 13.0. The van der Waals surface area contributed by atoms with E-state index in [4.69, 9.17) is 0 Å². The number of benzene rings is 2. The number of hydrogen-bond donors (Lipinski definition) is 0. The van der Waals surface area contributed by atoms with Gasteiger partial charge in [0, 0.05) is 45.2 Å². The van der Waals surface area contributed by atoms with Gasteiger partial charge in [0.1, 0.15) is 5.82 Å². The van der Waals surface area contributed by atoms with E-state index in [1.54, 1.807) is 42.5 Å². The number of para-hydroxylation sites is 1. The monoisotopic (exact) mass is 397 g/mol. The fourth-order valence-corrected chi connectivity index (χ4v) is 3.38. The van der Waals surface area contributed by atoms with E-state index in [1.807, 2.05) is 0 Å². The van der Waals surface area contributed by atoms with Gasteiger partial charge in [-0.1, -0.05) is 36.4 Å². The van der Waals surface area contributed by atoms with Crippen molar-refractivity contribution in [2.75, 3.05) is 32.7 Å². The number of Topliss-reactive ketones (excluding diaryl/α,β-unsaturated/α-hetero) is 1. The van der Waals surface area contributed by atoms with Crippen LogP contribution < -0.4 is 0 Å². The van der Waals surface area contributed by atoms with Gasteiger partial charge < -0.3 is 0 Å². The molecule has 2 aromatic carbocycles. The van der Waals surface area contributed by atoms with Crippen LogP contribution in [0.4, 0.5) is 10.1 Å². The van der Waals surface area contributed by atoms with Crippen LogP contribution >= 0.6 is 0 Å². The predicted molar refractivity (Wildman–Crippen MR) is 110 cm³/mol. The second kappa shape index (κ2) is 10.0. The Morgan fingerprint density at radius 2 is 1.69 bits per heavy atom. The van der Waals surface area contributed by atoms with E-state index in [9.17, 15) is 19.3 Å². The molecule has 0 spiro atoms. The average Bonchev–Trinajstić information content (AvgIpc) is 2.71. The number of allylic oxidation sites excluding steroid dienone is 1. The van der Waals surface area contributed by atoms with Crippen molar-refractivity contribution in [3.63, 3.8) is 0 Å². The summed E-state index contributed by atoms with van der Waals surface area (Å²) in [5, 5.41) is 11.0. The van der Waals surface area contributed by atoms with Gasteiger partial charge in [0.15, 0.2) is 5.78 Å². The number of nitro groups is 1. The Morgan fingerprint density at radius 1 is 1.03 bits per heavy atom. The molecule has 0 aliphatic carbocycles. The molecular weight excluding hydrogens is 373 g/mol. The summed E-state index contributed by atoms with van der Waals surface area (Å²) < 4.78 is 13.0. The first kappa shape index (κ1) is 20.8. The molecule has 1 heterocycles. The van der Waals surface area contributed by atoms with Crippen LogP contribution in [0.15, 0.2) is 54.6 Å². The molecule has 6 nitrogen and oxygen atoms in total. The van der Waals surface area contributed by atoms with Crippen molar-refractivity contribution in [2.24, 2.45) is 0 Å². The van der Waals surface area contributed by atoms with Crippen LogP contribution in [0, 0.1) is 15.9 Å². The standard InChI is InChI=1S/C22H24FN3O3/c23-20-10-8-18(9-11-20)16-24-12-14-25(15-13-24)17-21(27)6-3-5-19-4-1-2-7-22(19)26(28)29/h1-5,7-11H,6,12-17H2. The van der Waals surface area contributed by atoms with Crippen molar-refractivity contribution in [2.45, 2.75) is 13.0 Å². The Balaban J connectivity index is 1.42. The third kappa shape index (κ3) is 6.30. The van der Waals surface area contributed by atoms with Crippen molar-refractivity contribution in [3.8, 4) is 0 Å². The van der Waals surface area contributed by atoms with Crippen LogP contribution in [0.1, 0.15) is 17.5 Å². The highest BCUT2D eigenvalue weighted by atomic mass is 19.1. The molecule has 1 aliphatic rings. The van der Waals surface area contributed by atoms with E-state index >= 15 is 0 Å². The lowest BCUT2D eigenvalue weighted by molar-refractivity contribution is -0.385. The molecule has 0 unspecified atom stereocenters. The van der Waals surface area contributed by atoms with Gasteiger partial charge >= 0.3 is 0 Å². The van der Waals surface area contributed by atoms with Gasteiger partial charge in [0.2, 0.25) is 0 Å². The second-order valence-electron chi connectivity index (χ2n) is 7.14. The zero-order valence-electron chi connectivity index (χ0n) is 16.2. The average molecular weight is 397 g/mol. The van der Waals surface area contributed by atoms with Crippen molar-refractivity contribution in [1.82, 2.24) is 9.80 Å². The summed E-state index contributed by atoms with van der Waals surface area (Å²) in [5.41, 5.74) is 1.62. The molecule has 1 aliphatic heterocycles. The number of nitro benzene ring substituents is 1. The highest BCUT2D eigenvalue weighted by molar-refractivity contribution is 5.82. The van der Waals surface area contributed by atoms with Crippen molar-refractivity contribution < 1.29 is 14.1 Å². The Bertz CT molecular complexity index is 875. The number of nitrogens with zero attached hydrogens (tertiary/aromatic N) is 3. The zero-order valence-corrected chi connectivity index (χ0v) is 16.2. The first-order valence-corrected chi connectivity index (χ1v) is 9.62. The van der Waals surface area contributed by atoms with Crippen LogP contribution in [-0.2, 0) is 11.3 Å². The van der Waals surface area contributed by atoms with E-state index in [-0.39, 0.29) is 23.7 Å². The van der Waals surface area contributed by atoms with Crippen LogP contribution in [0.2, 0.25) is 0 Å². The minimum absolute atomic E-state index is 0.0356. The quantitative estimate of drug-likeness (QED) is 0.504. The molecule has 152 valence electrons. The van der Waals surface area contributed by atoms with Gasteiger partial charge in [-0.15, -0.1) is 0 Å². The lowest BCUT2D eigenvalue weighted by Gasteiger charge is -2.34. The first-order valence-electron chi connectivity index (χ1n) is 9.62. The van der Waals surface area contributed by atoms with Crippen LogP contribution in [0.5, 0.6) is 0 Å². The molecule has 0 amide bonds. The van der Waals surface area contributed by atoms with Gasteiger partial charge in [0.05, 0.1) is 17.0 Å². The Morgan fingerprint density at radius 3 is 2.38 bits per heavy atom. The molecule has 0 radical (unpaired) electrons. The van der Waals surface area contributed by atoms with E-state index in [1.165, 1.54) is 18.2 Å². The summed E-state index contributed by atoms with van der Waals surface area (Å²) >= 11 is 0. The van der Waals surface area contributed by atoms with Gasteiger partial charge in [-0.05, 0) is 23.8 Å². The highest BCUT2D eigenvalue weighted by Crippen LogP contribution is 2.19. The largest absolute Gasteiger partial charge is 0.298 e. The molecule has 29 heavy (non-hydrogen) atoms. The van der Waals surface area contributed by atoms with E-state index in [0.717, 1.165) is 38.3 Å². The molecule has 1 fully saturated rings. The maximum absolute atomic E-state index is 13.0. The lowest BCUT2D eigenvalue weighted by atomic mass is 10.1. The second-order valence-corrected chi connectivity index (χ2v) is 7.14. The molecule has 3 rings (SSSR count). The number of carbonyl (C=O) groups excluding carboxylic acids is 1. The fraction of sp³-hybridized carbons (Fsp3) is 0.318. The summed E-state index contributed by atoms with van der Waals surface area (Å²) in [7, 11) is 0. The number of piperazine rings is 1. The molecule has 0 aromatic heterocycles. The molecule has 0 bridgehead atoms. The first-order chi connectivity index (χ1) is 14.0. The Kier molecular flexibility index (Phi) is 7.21. The lowest BCUT2D eigenvalue weighted by Crippen LogP contribution is -2.47. The number of hydrogen-bond acceptors (Lipinski definition) is 5. The fourth-order valence-electron chi connectivity index (χ4n) is 3.38. The summed E-state index contributed by atoms with van der Waals surface area (Å²) in [6, 6.07) is 13.0. The summed E-state index contributed by atoms with van der Waals surface area (Å²) in [6.45, 7) is 4.49. The Hall–Kier alpha value is -2.90. The van der Waals surface area contributed by atoms with Gasteiger partial charge in [-0.25, -0.2) is 4.39 Å². The highest BCUT2D eigenvalue weighted by Gasteiger charge is 2.18. The number of carbonyl (C=O) groups is 1. The van der Waals surface area contributed by atoms with E-state index < -0.39 is 4.92 Å². The minimum atomic E-state index is -0.424. The number of ketones is 1. The van der Waals surface area contributed by atoms with Crippen molar-refractivity contribution >= 4 is 17.5 Å². The summed E-state index contributed by atoms with van der Waals surface area (Å²) in [4.78, 5) is 27.3. The summed E-state index contributed by atoms with van der Waals surface area (Å²) in [5.74, 6) is -0.139. The van der Waals surface area contributed by atoms with Gasteiger partial charge in [0.25, 0.3) is 5.69 Å². The third-order valence-electron chi connectivity index (χ3n) is 4.96. The van der Waals surface area contributed by atoms with E-state index in [2.05, 4.69) is 9.80 Å². The molecule has 0 atom stereocenters. The van der Waals surface area contributed by atoms with Crippen LogP contribution in [0.25, 0.3) is 6.08 Å². The molecule has 0 saturated carbocycles. The van der Waals surface area contributed by atoms with Crippen molar-refractivity contribution in [1.29, 1.82) is 0 Å². The van der Waals surface area contributed by atoms with E-state index in [0.29, 0.717) is 12.1 Å². The maximum Gasteiger partial charge on any atom is 0.276 e. The molecule has 1 saturated heterocycles. The predicted octanol–water partition coefficient (Wildman–Crippen LogP) is 3.52.